The van der Waals surface area contributed by atoms with Crippen LogP contribution in [-0.2, 0) is 4.74 Å². The maximum Gasteiger partial charge on any atom is 0.344 e. The van der Waals surface area contributed by atoms with Crippen molar-refractivity contribution in [3.8, 4) is 5.75 Å². The third-order valence-corrected chi connectivity index (χ3v) is 4.18. The van der Waals surface area contributed by atoms with Crippen molar-refractivity contribution in [3.63, 3.8) is 0 Å². The summed E-state index contributed by atoms with van der Waals surface area (Å²) in [6.07, 6.45) is 1.86. The van der Waals surface area contributed by atoms with Gasteiger partial charge in [0.1, 0.15) is 17.4 Å². The molecule has 1 fully saturated rings. The molecular formula is C20H23NO4. The van der Waals surface area contributed by atoms with Crippen LogP contribution in [0.2, 0.25) is 0 Å². The molecule has 4 rings (SSSR count). The first-order valence-corrected chi connectivity index (χ1v) is 8.71. The van der Waals surface area contributed by atoms with Gasteiger partial charge in [0.25, 0.3) is 0 Å². The van der Waals surface area contributed by atoms with E-state index in [9.17, 15) is 4.79 Å². The largest absolute Gasteiger partial charge is 0.490 e. The van der Waals surface area contributed by atoms with Gasteiger partial charge in [0.05, 0.1) is 18.6 Å². The normalized spacial score (nSPS) is 15.0. The van der Waals surface area contributed by atoms with Crippen LogP contribution in [0.25, 0.3) is 21.7 Å². The topological polar surface area (TPSA) is 74.7 Å². The van der Waals surface area contributed by atoms with Crippen molar-refractivity contribution in [2.24, 2.45) is 0 Å². The van der Waals surface area contributed by atoms with Gasteiger partial charge in [-0.15, -0.1) is 0 Å². The van der Waals surface area contributed by atoms with Crippen LogP contribution in [0.3, 0.4) is 0 Å². The average Bonchev–Trinajstić information content (AvgIpc) is 2.64. The number of nitrogens with two attached hydrogens (primary N) is 1. The second-order valence-electron chi connectivity index (χ2n) is 5.78. The van der Waals surface area contributed by atoms with Gasteiger partial charge in [0.15, 0.2) is 0 Å². The molecule has 2 aromatic carbocycles. The highest BCUT2D eigenvalue weighted by atomic mass is 16.5. The minimum Gasteiger partial charge on any atom is -0.490 e. The number of hydrogen-bond donors (Lipinski definition) is 1. The zero-order chi connectivity index (χ0) is 17.8. The van der Waals surface area contributed by atoms with Gasteiger partial charge in [-0.25, -0.2) is 4.79 Å². The van der Waals surface area contributed by atoms with Gasteiger partial charge in [0.2, 0.25) is 0 Å². The number of fused-ring (bicyclic) bond motifs is 3. The molecule has 0 amide bonds. The molecule has 0 saturated carbocycles. The van der Waals surface area contributed by atoms with Gasteiger partial charge in [0, 0.05) is 35.4 Å². The van der Waals surface area contributed by atoms with Gasteiger partial charge < -0.3 is 19.6 Å². The van der Waals surface area contributed by atoms with E-state index in [0.717, 1.165) is 23.6 Å². The van der Waals surface area contributed by atoms with E-state index in [1.807, 2.05) is 32.0 Å². The molecule has 0 bridgehead atoms. The molecule has 1 saturated heterocycles. The van der Waals surface area contributed by atoms with E-state index in [-0.39, 0.29) is 11.7 Å². The number of ether oxygens (including phenoxy) is 2. The van der Waals surface area contributed by atoms with Crippen LogP contribution >= 0.6 is 0 Å². The number of nitrogen functional groups attached to an aromatic ring is 1. The Hall–Kier alpha value is -2.53. The molecule has 2 heterocycles. The van der Waals surface area contributed by atoms with Crippen molar-refractivity contribution in [3.05, 3.63) is 46.8 Å². The predicted octanol–water partition coefficient (Wildman–Crippen LogP) is 4.11. The summed E-state index contributed by atoms with van der Waals surface area (Å²) in [7, 11) is 0. The fraction of sp³-hybridized carbons (Fsp3) is 0.350. The Kier molecular flexibility index (Phi) is 5.24. The lowest BCUT2D eigenvalue weighted by molar-refractivity contribution is 0.0256. The third-order valence-electron chi connectivity index (χ3n) is 4.18. The summed E-state index contributed by atoms with van der Waals surface area (Å²) in [5, 5.41) is 2.23. The van der Waals surface area contributed by atoms with Crippen molar-refractivity contribution >= 4 is 27.4 Å². The number of benzene rings is 2. The van der Waals surface area contributed by atoms with Gasteiger partial charge in [-0.05, 0) is 30.3 Å². The van der Waals surface area contributed by atoms with Crippen molar-refractivity contribution in [1.29, 1.82) is 0 Å². The second kappa shape index (κ2) is 7.57. The highest BCUT2D eigenvalue weighted by Gasteiger charge is 2.16. The Morgan fingerprint density at radius 3 is 2.48 bits per heavy atom. The lowest BCUT2D eigenvalue weighted by Crippen LogP contribution is -2.25. The molecule has 0 spiro atoms. The molecule has 25 heavy (non-hydrogen) atoms. The molecule has 0 radical (unpaired) electrons. The zero-order valence-corrected chi connectivity index (χ0v) is 14.6. The molecule has 2 N–H and O–H groups in total. The minimum absolute atomic E-state index is 0.133. The smallest absolute Gasteiger partial charge is 0.344 e. The van der Waals surface area contributed by atoms with Gasteiger partial charge in [-0.2, -0.15) is 0 Å². The molecule has 0 aliphatic carbocycles. The van der Waals surface area contributed by atoms with E-state index in [1.165, 1.54) is 0 Å². The third kappa shape index (κ3) is 3.61. The fourth-order valence-electron chi connectivity index (χ4n) is 2.99. The predicted molar refractivity (Wildman–Crippen MR) is 100 cm³/mol. The number of anilines is 1. The standard InChI is InChI=1S/C18H17NO4.C2H6/c19-11-1-3-15-14-4-2-13(22-12-5-7-21-8-6-12)10-16(14)18(20)23-17(15)9-11;1-2/h1-4,9-10,12H,5-8,19H2;1-2H3. The minimum atomic E-state index is -0.379. The Balaban J connectivity index is 0.000000880. The summed E-state index contributed by atoms with van der Waals surface area (Å²) in [5.74, 6) is 0.687. The van der Waals surface area contributed by atoms with Gasteiger partial charge in [-0.1, -0.05) is 13.8 Å². The van der Waals surface area contributed by atoms with Crippen molar-refractivity contribution in [2.75, 3.05) is 18.9 Å². The average molecular weight is 341 g/mol. The molecule has 0 unspecified atom stereocenters. The zero-order valence-electron chi connectivity index (χ0n) is 14.6. The second-order valence-corrected chi connectivity index (χ2v) is 5.78. The molecule has 1 aliphatic rings. The fourth-order valence-corrected chi connectivity index (χ4v) is 2.99. The molecule has 5 nitrogen and oxygen atoms in total. The summed E-state index contributed by atoms with van der Waals surface area (Å²) in [5.41, 5.74) is 6.44. The summed E-state index contributed by atoms with van der Waals surface area (Å²) in [4.78, 5) is 12.3. The van der Waals surface area contributed by atoms with E-state index in [4.69, 9.17) is 19.6 Å². The molecular weight excluding hydrogens is 318 g/mol. The number of hydrogen-bond acceptors (Lipinski definition) is 5. The first-order valence-electron chi connectivity index (χ1n) is 8.71. The summed E-state index contributed by atoms with van der Waals surface area (Å²) in [6.45, 7) is 5.43. The maximum atomic E-state index is 12.3. The molecule has 132 valence electrons. The van der Waals surface area contributed by atoms with Gasteiger partial charge >= 0.3 is 5.63 Å². The summed E-state index contributed by atoms with van der Waals surface area (Å²) >= 11 is 0. The molecule has 1 aromatic heterocycles. The highest BCUT2D eigenvalue weighted by molar-refractivity contribution is 6.05. The first-order chi connectivity index (χ1) is 12.2. The van der Waals surface area contributed by atoms with Crippen molar-refractivity contribution in [2.45, 2.75) is 32.8 Å². The van der Waals surface area contributed by atoms with E-state index < -0.39 is 0 Å². The van der Waals surface area contributed by atoms with E-state index in [0.29, 0.717) is 35.6 Å². The summed E-state index contributed by atoms with van der Waals surface area (Å²) in [6, 6.07) is 10.9. The molecule has 3 aromatic rings. The molecule has 0 atom stereocenters. The van der Waals surface area contributed by atoms with Crippen LogP contribution in [0.5, 0.6) is 5.75 Å². The molecule has 1 aliphatic heterocycles. The van der Waals surface area contributed by atoms with Crippen LogP contribution in [0, 0.1) is 0 Å². The Morgan fingerprint density at radius 2 is 1.72 bits per heavy atom. The summed E-state index contributed by atoms with van der Waals surface area (Å²) < 4.78 is 16.7. The van der Waals surface area contributed by atoms with Crippen LogP contribution in [0.15, 0.2) is 45.6 Å². The van der Waals surface area contributed by atoms with Crippen molar-refractivity contribution in [1.82, 2.24) is 0 Å². The Morgan fingerprint density at radius 1 is 1.00 bits per heavy atom. The van der Waals surface area contributed by atoms with Crippen LogP contribution in [0.4, 0.5) is 5.69 Å². The van der Waals surface area contributed by atoms with E-state index in [2.05, 4.69) is 0 Å². The Bertz CT molecular complexity index is 926. The highest BCUT2D eigenvalue weighted by Crippen LogP contribution is 2.28. The lowest BCUT2D eigenvalue weighted by Gasteiger charge is -2.23. The quantitative estimate of drug-likeness (QED) is 0.431. The van der Waals surface area contributed by atoms with E-state index >= 15 is 0 Å². The van der Waals surface area contributed by atoms with Gasteiger partial charge in [-0.3, -0.25) is 0 Å². The van der Waals surface area contributed by atoms with Crippen molar-refractivity contribution < 1.29 is 13.9 Å². The number of rotatable bonds is 2. The van der Waals surface area contributed by atoms with Crippen LogP contribution in [0.1, 0.15) is 26.7 Å². The van der Waals surface area contributed by atoms with Crippen LogP contribution < -0.4 is 16.1 Å². The lowest BCUT2D eigenvalue weighted by atomic mass is 10.1. The monoisotopic (exact) mass is 341 g/mol. The molecule has 5 heteroatoms. The SMILES string of the molecule is CC.Nc1ccc2c(c1)oc(=O)c1cc(OC3CCOCC3)ccc12. The maximum absolute atomic E-state index is 12.3. The van der Waals surface area contributed by atoms with Crippen LogP contribution in [-0.4, -0.2) is 19.3 Å². The Labute approximate surface area is 146 Å². The van der Waals surface area contributed by atoms with E-state index in [1.54, 1.807) is 18.2 Å². The first kappa shape index (κ1) is 17.3.